The van der Waals surface area contributed by atoms with E-state index >= 15 is 0 Å². The molecule has 2 aromatic rings. The van der Waals surface area contributed by atoms with Crippen molar-refractivity contribution in [1.29, 1.82) is 0 Å². The van der Waals surface area contributed by atoms with E-state index in [4.69, 9.17) is 14.2 Å². The molecule has 2 aromatic carbocycles. The molecule has 0 radical (unpaired) electrons. The molecular weight excluding hydrogens is 302 g/mol. The molecule has 4 heteroatoms. The number of methoxy groups -OCH3 is 3. The van der Waals surface area contributed by atoms with Gasteiger partial charge in [-0.3, -0.25) is 0 Å². The van der Waals surface area contributed by atoms with E-state index in [2.05, 4.69) is 24.4 Å². The first-order chi connectivity index (χ1) is 11.6. The third-order valence-electron chi connectivity index (χ3n) is 4.09. The van der Waals surface area contributed by atoms with Gasteiger partial charge in [-0.2, -0.15) is 0 Å². The van der Waals surface area contributed by atoms with Gasteiger partial charge in [-0.05, 0) is 55.2 Å². The van der Waals surface area contributed by atoms with Crippen molar-refractivity contribution < 1.29 is 14.2 Å². The van der Waals surface area contributed by atoms with E-state index in [-0.39, 0.29) is 0 Å². The van der Waals surface area contributed by atoms with Gasteiger partial charge in [0.05, 0.1) is 21.3 Å². The Morgan fingerprint density at radius 1 is 0.792 bits per heavy atom. The molecule has 0 aliphatic rings. The Balaban J connectivity index is 1.83. The fourth-order valence-corrected chi connectivity index (χ4v) is 2.54. The summed E-state index contributed by atoms with van der Waals surface area (Å²) in [5, 5.41) is 3.56. The van der Waals surface area contributed by atoms with E-state index in [0.29, 0.717) is 6.04 Å². The average molecular weight is 329 g/mol. The van der Waals surface area contributed by atoms with Crippen molar-refractivity contribution in [3.63, 3.8) is 0 Å². The molecule has 0 aliphatic heterocycles. The summed E-state index contributed by atoms with van der Waals surface area (Å²) < 4.78 is 15.8. The summed E-state index contributed by atoms with van der Waals surface area (Å²) >= 11 is 0. The maximum absolute atomic E-state index is 5.31. The van der Waals surface area contributed by atoms with E-state index in [9.17, 15) is 0 Å². The van der Waals surface area contributed by atoms with Crippen molar-refractivity contribution in [3.8, 4) is 17.2 Å². The van der Waals surface area contributed by atoms with Gasteiger partial charge in [0.15, 0.2) is 0 Å². The normalized spacial score (nSPS) is 11.8. The molecule has 0 spiro atoms. The zero-order chi connectivity index (χ0) is 17.4. The largest absolute Gasteiger partial charge is 0.497 e. The maximum Gasteiger partial charge on any atom is 0.122 e. The Morgan fingerprint density at radius 2 is 1.38 bits per heavy atom. The average Bonchev–Trinajstić information content (AvgIpc) is 2.64. The number of ether oxygens (including phenoxy) is 3. The van der Waals surface area contributed by atoms with E-state index in [0.717, 1.165) is 42.2 Å². The highest BCUT2D eigenvalue weighted by Crippen LogP contribution is 2.22. The Hall–Kier alpha value is -2.20. The van der Waals surface area contributed by atoms with Crippen LogP contribution in [0.4, 0.5) is 0 Å². The van der Waals surface area contributed by atoms with Crippen LogP contribution >= 0.6 is 0 Å². The molecule has 0 aliphatic carbocycles. The van der Waals surface area contributed by atoms with Crippen LogP contribution in [0.1, 0.15) is 24.5 Å². The minimum atomic E-state index is 0.421. The summed E-state index contributed by atoms with van der Waals surface area (Å²) in [6.07, 6.45) is 2.12. The molecule has 24 heavy (non-hydrogen) atoms. The fraction of sp³-hybridized carbons (Fsp3) is 0.400. The first-order valence-electron chi connectivity index (χ1n) is 8.23. The Labute approximate surface area is 144 Å². The smallest absolute Gasteiger partial charge is 0.122 e. The second kappa shape index (κ2) is 9.18. The molecule has 0 saturated heterocycles. The van der Waals surface area contributed by atoms with Gasteiger partial charge >= 0.3 is 0 Å². The number of nitrogens with one attached hydrogen (secondary N) is 1. The van der Waals surface area contributed by atoms with E-state index in [1.807, 2.05) is 30.3 Å². The van der Waals surface area contributed by atoms with Gasteiger partial charge in [0.1, 0.15) is 17.2 Å². The molecule has 0 heterocycles. The first kappa shape index (κ1) is 18.1. The molecule has 0 bridgehead atoms. The Bertz CT molecular complexity index is 603. The minimum absolute atomic E-state index is 0.421. The van der Waals surface area contributed by atoms with Gasteiger partial charge in [0, 0.05) is 18.7 Å². The lowest BCUT2D eigenvalue weighted by Crippen LogP contribution is -2.26. The molecule has 1 atom stereocenters. The van der Waals surface area contributed by atoms with Crippen molar-refractivity contribution in [2.75, 3.05) is 21.3 Å². The van der Waals surface area contributed by atoms with Gasteiger partial charge in [-0.25, -0.2) is 0 Å². The topological polar surface area (TPSA) is 39.7 Å². The third-order valence-corrected chi connectivity index (χ3v) is 4.09. The highest BCUT2D eigenvalue weighted by molar-refractivity contribution is 5.38. The zero-order valence-corrected chi connectivity index (χ0v) is 15.0. The lowest BCUT2D eigenvalue weighted by atomic mass is 10.1. The number of rotatable bonds is 9. The summed E-state index contributed by atoms with van der Waals surface area (Å²) in [5.41, 5.74) is 2.48. The van der Waals surface area contributed by atoms with Crippen LogP contribution < -0.4 is 19.5 Å². The molecule has 0 unspecified atom stereocenters. The minimum Gasteiger partial charge on any atom is -0.497 e. The second-order valence-corrected chi connectivity index (χ2v) is 5.89. The second-order valence-electron chi connectivity index (χ2n) is 5.89. The number of aryl methyl sites for hydroxylation is 1. The van der Waals surface area contributed by atoms with Gasteiger partial charge < -0.3 is 19.5 Å². The monoisotopic (exact) mass is 329 g/mol. The van der Waals surface area contributed by atoms with Crippen LogP contribution in [-0.2, 0) is 13.0 Å². The van der Waals surface area contributed by atoms with Crippen molar-refractivity contribution in [2.45, 2.75) is 32.4 Å². The zero-order valence-electron chi connectivity index (χ0n) is 15.0. The molecule has 0 amide bonds. The summed E-state index contributed by atoms with van der Waals surface area (Å²) in [6.45, 7) is 3.00. The van der Waals surface area contributed by atoms with Crippen molar-refractivity contribution in [1.82, 2.24) is 5.32 Å². The molecule has 0 aromatic heterocycles. The SMILES string of the molecule is COc1ccc(CC[C@@H](C)NCc2cc(OC)cc(OC)c2)cc1. The molecule has 130 valence electrons. The molecule has 2 rings (SSSR count). The highest BCUT2D eigenvalue weighted by Gasteiger charge is 2.06. The molecule has 4 nitrogen and oxygen atoms in total. The van der Waals surface area contributed by atoms with Crippen LogP contribution in [0.15, 0.2) is 42.5 Å². The van der Waals surface area contributed by atoms with Crippen LogP contribution in [0, 0.1) is 0 Å². The van der Waals surface area contributed by atoms with Gasteiger partial charge in [0.25, 0.3) is 0 Å². The van der Waals surface area contributed by atoms with E-state index < -0.39 is 0 Å². The maximum atomic E-state index is 5.31. The summed E-state index contributed by atoms with van der Waals surface area (Å²) in [6, 6.07) is 14.6. The predicted molar refractivity (Wildman–Crippen MR) is 97.2 cm³/mol. The number of hydrogen-bond acceptors (Lipinski definition) is 4. The van der Waals surface area contributed by atoms with Crippen LogP contribution in [0.2, 0.25) is 0 Å². The first-order valence-corrected chi connectivity index (χ1v) is 8.23. The Kier molecular flexibility index (Phi) is 6.94. The van der Waals surface area contributed by atoms with E-state index in [1.54, 1.807) is 21.3 Å². The lowest BCUT2D eigenvalue weighted by Gasteiger charge is -2.15. The quantitative estimate of drug-likeness (QED) is 0.759. The molecule has 1 N–H and O–H groups in total. The summed E-state index contributed by atoms with van der Waals surface area (Å²) in [7, 11) is 5.03. The molecule has 0 saturated carbocycles. The third kappa shape index (κ3) is 5.46. The highest BCUT2D eigenvalue weighted by atomic mass is 16.5. The van der Waals surface area contributed by atoms with Crippen LogP contribution in [0.25, 0.3) is 0 Å². The summed E-state index contributed by atoms with van der Waals surface area (Å²) in [5.74, 6) is 2.53. The predicted octanol–water partition coefficient (Wildman–Crippen LogP) is 3.82. The lowest BCUT2D eigenvalue weighted by molar-refractivity contribution is 0.392. The molecule has 0 fully saturated rings. The van der Waals surface area contributed by atoms with Crippen molar-refractivity contribution in [2.24, 2.45) is 0 Å². The van der Waals surface area contributed by atoms with E-state index in [1.165, 1.54) is 5.56 Å². The Morgan fingerprint density at radius 3 is 1.92 bits per heavy atom. The van der Waals surface area contributed by atoms with Crippen LogP contribution in [-0.4, -0.2) is 27.4 Å². The van der Waals surface area contributed by atoms with Gasteiger partial charge in [-0.15, -0.1) is 0 Å². The van der Waals surface area contributed by atoms with Gasteiger partial charge in [0.2, 0.25) is 0 Å². The van der Waals surface area contributed by atoms with Crippen molar-refractivity contribution in [3.05, 3.63) is 53.6 Å². The summed E-state index contributed by atoms with van der Waals surface area (Å²) in [4.78, 5) is 0. The molecular formula is C20H27NO3. The fourth-order valence-electron chi connectivity index (χ4n) is 2.54. The standard InChI is InChI=1S/C20H27NO3/c1-15(5-6-16-7-9-18(22-2)10-8-16)21-14-17-11-19(23-3)13-20(12-17)24-4/h7-13,15,21H,5-6,14H2,1-4H3/t15-/m1/s1. The van der Waals surface area contributed by atoms with Crippen LogP contribution in [0.5, 0.6) is 17.2 Å². The number of benzene rings is 2. The number of hydrogen-bond donors (Lipinski definition) is 1. The van der Waals surface area contributed by atoms with Gasteiger partial charge in [-0.1, -0.05) is 12.1 Å². The van der Waals surface area contributed by atoms with Crippen molar-refractivity contribution >= 4 is 0 Å². The van der Waals surface area contributed by atoms with Crippen LogP contribution in [0.3, 0.4) is 0 Å².